The van der Waals surface area contributed by atoms with Crippen molar-refractivity contribution in [1.29, 1.82) is 0 Å². The summed E-state index contributed by atoms with van der Waals surface area (Å²) in [5, 5.41) is 9.54. The number of esters is 1. The molecule has 0 spiro atoms. The molecule has 8 nitrogen and oxygen atoms in total. The Kier molecular flexibility index (Phi) is 9.86. The molecule has 1 aliphatic heterocycles. The topological polar surface area (TPSA) is 99.8 Å². The molecule has 1 saturated heterocycles. The monoisotopic (exact) mass is 492 g/mol. The first-order valence-electron chi connectivity index (χ1n) is 12.4. The fourth-order valence-corrected chi connectivity index (χ4v) is 5.12. The maximum atomic E-state index is 12.6. The summed E-state index contributed by atoms with van der Waals surface area (Å²) in [5.41, 5.74) is 0.185. The van der Waals surface area contributed by atoms with Gasteiger partial charge < -0.3 is 25.6 Å². The number of likely N-dealkylation sites (tertiary alicyclic amines) is 1. The van der Waals surface area contributed by atoms with Gasteiger partial charge in [-0.15, -0.1) is 0 Å². The quantitative estimate of drug-likeness (QED) is 0.448. The molecule has 1 saturated carbocycles. The standard InChI is InChI=1S/C25H37ClN4O4/c1-2-34-22(31)18-25(12-4-3-5-13-25)29-23(32)27-14-9-19-10-15-30(16-11-19)24(33)28-21-8-6-7-20(26)17-21/h6-8,17,19H,2-5,9-16,18H2,1H3,(H,28,33)(H2,27,29,32). The second-order valence-corrected chi connectivity index (χ2v) is 9.80. The van der Waals surface area contributed by atoms with Crippen LogP contribution in [0.5, 0.6) is 0 Å². The Morgan fingerprint density at radius 1 is 1.15 bits per heavy atom. The van der Waals surface area contributed by atoms with Gasteiger partial charge in [0.05, 0.1) is 18.6 Å². The van der Waals surface area contributed by atoms with Crippen LogP contribution in [0.3, 0.4) is 0 Å². The van der Waals surface area contributed by atoms with Gasteiger partial charge in [-0.2, -0.15) is 0 Å². The largest absolute Gasteiger partial charge is 0.466 e. The molecular formula is C25H37ClN4O4. The lowest BCUT2D eigenvalue weighted by molar-refractivity contribution is -0.145. The summed E-state index contributed by atoms with van der Waals surface area (Å²) in [4.78, 5) is 39.0. The molecule has 1 heterocycles. The van der Waals surface area contributed by atoms with Crippen molar-refractivity contribution in [1.82, 2.24) is 15.5 Å². The number of carbonyl (C=O) groups excluding carboxylic acids is 3. The van der Waals surface area contributed by atoms with Crippen molar-refractivity contribution < 1.29 is 19.1 Å². The summed E-state index contributed by atoms with van der Waals surface area (Å²) in [7, 11) is 0. The highest BCUT2D eigenvalue weighted by Crippen LogP contribution is 2.31. The maximum Gasteiger partial charge on any atom is 0.321 e. The van der Waals surface area contributed by atoms with E-state index in [1.165, 1.54) is 0 Å². The van der Waals surface area contributed by atoms with Crippen LogP contribution in [0.4, 0.5) is 15.3 Å². The van der Waals surface area contributed by atoms with Gasteiger partial charge in [-0.3, -0.25) is 4.79 Å². The molecule has 4 amide bonds. The van der Waals surface area contributed by atoms with Crippen LogP contribution in [-0.2, 0) is 9.53 Å². The van der Waals surface area contributed by atoms with E-state index in [1.807, 2.05) is 11.0 Å². The zero-order valence-corrected chi connectivity index (χ0v) is 20.8. The van der Waals surface area contributed by atoms with Crippen molar-refractivity contribution >= 4 is 35.3 Å². The van der Waals surface area contributed by atoms with Gasteiger partial charge in [0.25, 0.3) is 0 Å². The van der Waals surface area contributed by atoms with Gasteiger partial charge in [-0.05, 0) is 63.1 Å². The van der Waals surface area contributed by atoms with Crippen LogP contribution in [0.15, 0.2) is 24.3 Å². The number of rotatable bonds is 8. The third-order valence-electron chi connectivity index (χ3n) is 6.79. The number of anilines is 1. The Balaban J connectivity index is 1.37. The van der Waals surface area contributed by atoms with E-state index in [0.29, 0.717) is 42.9 Å². The molecule has 3 rings (SSSR count). The number of halogens is 1. The first-order chi connectivity index (χ1) is 16.4. The minimum Gasteiger partial charge on any atom is -0.466 e. The van der Waals surface area contributed by atoms with Crippen molar-refractivity contribution in [2.45, 2.75) is 70.3 Å². The molecule has 0 radical (unpaired) electrons. The number of hydrogen-bond donors (Lipinski definition) is 3. The molecule has 1 aromatic rings. The Labute approximate surface area is 207 Å². The van der Waals surface area contributed by atoms with Gasteiger partial charge in [0.15, 0.2) is 0 Å². The molecule has 0 bridgehead atoms. The molecule has 2 fully saturated rings. The van der Waals surface area contributed by atoms with E-state index in [9.17, 15) is 14.4 Å². The summed E-state index contributed by atoms with van der Waals surface area (Å²) in [6.45, 7) is 4.09. The van der Waals surface area contributed by atoms with Crippen molar-refractivity contribution in [2.24, 2.45) is 5.92 Å². The van der Waals surface area contributed by atoms with E-state index < -0.39 is 5.54 Å². The second-order valence-electron chi connectivity index (χ2n) is 9.36. The van der Waals surface area contributed by atoms with Gasteiger partial charge in [0.1, 0.15) is 0 Å². The molecule has 34 heavy (non-hydrogen) atoms. The molecule has 2 aliphatic rings. The Bertz CT molecular complexity index is 836. The number of benzene rings is 1. The molecule has 1 aliphatic carbocycles. The van der Waals surface area contributed by atoms with Gasteiger partial charge in [0, 0.05) is 30.3 Å². The number of amides is 4. The van der Waals surface area contributed by atoms with Crippen molar-refractivity contribution in [3.8, 4) is 0 Å². The Morgan fingerprint density at radius 2 is 1.88 bits per heavy atom. The molecule has 0 aromatic heterocycles. The molecule has 9 heteroatoms. The number of nitrogens with one attached hydrogen (secondary N) is 3. The van der Waals surface area contributed by atoms with Gasteiger partial charge >= 0.3 is 18.0 Å². The van der Waals surface area contributed by atoms with Crippen LogP contribution in [0.1, 0.15) is 64.7 Å². The Hall–Kier alpha value is -2.48. The van der Waals surface area contributed by atoms with Gasteiger partial charge in [-0.1, -0.05) is 36.9 Å². The summed E-state index contributed by atoms with van der Waals surface area (Å²) in [5.74, 6) is 0.203. The van der Waals surface area contributed by atoms with Crippen LogP contribution >= 0.6 is 11.6 Å². The average molecular weight is 493 g/mol. The summed E-state index contributed by atoms with van der Waals surface area (Å²) < 4.78 is 5.13. The van der Waals surface area contributed by atoms with E-state index in [-0.39, 0.29) is 24.5 Å². The first-order valence-corrected chi connectivity index (χ1v) is 12.8. The first kappa shape index (κ1) is 26.1. The minimum absolute atomic E-state index is 0.113. The highest BCUT2D eigenvalue weighted by molar-refractivity contribution is 6.30. The lowest BCUT2D eigenvalue weighted by Crippen LogP contribution is -2.54. The minimum atomic E-state index is -0.504. The predicted octanol–water partition coefficient (Wildman–Crippen LogP) is 4.93. The lowest BCUT2D eigenvalue weighted by Gasteiger charge is -2.37. The molecule has 1 aromatic carbocycles. The number of nitrogens with zero attached hydrogens (tertiary/aromatic N) is 1. The number of carbonyl (C=O) groups is 3. The maximum absolute atomic E-state index is 12.6. The summed E-state index contributed by atoms with van der Waals surface area (Å²) in [6.07, 6.45) is 7.63. The van der Waals surface area contributed by atoms with Crippen LogP contribution < -0.4 is 16.0 Å². The van der Waals surface area contributed by atoms with Crippen LogP contribution in [0.25, 0.3) is 0 Å². The van der Waals surface area contributed by atoms with Crippen LogP contribution in [0, 0.1) is 5.92 Å². The van der Waals surface area contributed by atoms with Gasteiger partial charge in [0.2, 0.25) is 0 Å². The average Bonchev–Trinajstić information content (AvgIpc) is 2.80. The van der Waals surface area contributed by atoms with Crippen LogP contribution in [-0.4, -0.2) is 54.7 Å². The molecule has 0 unspecified atom stereocenters. The van der Waals surface area contributed by atoms with Crippen molar-refractivity contribution in [3.05, 3.63) is 29.3 Å². The number of urea groups is 2. The highest BCUT2D eigenvalue weighted by atomic mass is 35.5. The summed E-state index contributed by atoms with van der Waals surface area (Å²) in [6, 6.07) is 6.79. The Morgan fingerprint density at radius 3 is 2.56 bits per heavy atom. The number of ether oxygens (including phenoxy) is 1. The van der Waals surface area contributed by atoms with E-state index in [2.05, 4.69) is 16.0 Å². The molecule has 188 valence electrons. The molecular weight excluding hydrogens is 456 g/mol. The lowest BCUT2D eigenvalue weighted by atomic mass is 9.79. The van der Waals surface area contributed by atoms with E-state index in [4.69, 9.17) is 16.3 Å². The van der Waals surface area contributed by atoms with Gasteiger partial charge in [-0.25, -0.2) is 9.59 Å². The summed E-state index contributed by atoms with van der Waals surface area (Å²) >= 11 is 5.98. The molecule has 0 atom stereocenters. The fraction of sp³-hybridized carbons (Fsp3) is 0.640. The highest BCUT2D eigenvalue weighted by Gasteiger charge is 2.36. The molecule has 3 N–H and O–H groups in total. The zero-order chi connectivity index (χ0) is 24.4. The van der Waals surface area contributed by atoms with E-state index in [1.54, 1.807) is 25.1 Å². The number of hydrogen-bond acceptors (Lipinski definition) is 4. The SMILES string of the molecule is CCOC(=O)CC1(NC(=O)NCCC2CCN(C(=O)Nc3cccc(Cl)c3)CC2)CCCCC1. The fourth-order valence-electron chi connectivity index (χ4n) is 4.93. The van der Waals surface area contributed by atoms with Crippen molar-refractivity contribution in [2.75, 3.05) is 31.6 Å². The zero-order valence-electron chi connectivity index (χ0n) is 20.0. The third-order valence-corrected chi connectivity index (χ3v) is 7.03. The third kappa shape index (κ3) is 8.08. The number of piperidine rings is 1. The van der Waals surface area contributed by atoms with Crippen molar-refractivity contribution in [3.63, 3.8) is 0 Å². The van der Waals surface area contributed by atoms with Crippen LogP contribution in [0.2, 0.25) is 5.02 Å². The van der Waals surface area contributed by atoms with E-state index in [0.717, 1.165) is 51.4 Å². The smallest absolute Gasteiger partial charge is 0.321 e. The predicted molar refractivity (Wildman–Crippen MR) is 133 cm³/mol. The normalized spacial score (nSPS) is 18.1. The second kappa shape index (κ2) is 12.8. The van der Waals surface area contributed by atoms with E-state index >= 15 is 0 Å².